The van der Waals surface area contributed by atoms with Crippen molar-refractivity contribution in [1.29, 1.82) is 0 Å². The van der Waals surface area contributed by atoms with Crippen LogP contribution in [-0.4, -0.2) is 13.0 Å². The molecule has 3 heteroatoms. The summed E-state index contributed by atoms with van der Waals surface area (Å²) in [5, 5.41) is 5.00. The lowest BCUT2D eigenvalue weighted by molar-refractivity contribution is -0.114. The number of hydrogen-bond donors (Lipinski definition) is 1. The van der Waals surface area contributed by atoms with Gasteiger partial charge in [0.25, 0.3) is 0 Å². The van der Waals surface area contributed by atoms with Crippen LogP contribution in [0, 0.1) is 0 Å². The highest BCUT2D eigenvalue weighted by Gasteiger charge is 2.11. The fourth-order valence-corrected chi connectivity index (χ4v) is 2.60. The monoisotopic (exact) mass is 291 g/mol. The second-order valence-corrected chi connectivity index (χ2v) is 5.12. The van der Waals surface area contributed by atoms with Crippen LogP contribution in [0.1, 0.15) is 6.92 Å². The normalized spacial score (nSPS) is 10.5. The van der Waals surface area contributed by atoms with Gasteiger partial charge in [0.15, 0.2) is 0 Å². The van der Waals surface area contributed by atoms with E-state index in [9.17, 15) is 4.79 Å². The van der Waals surface area contributed by atoms with E-state index in [1.165, 1.54) is 6.92 Å². The summed E-state index contributed by atoms with van der Waals surface area (Å²) in [6.45, 7) is 1.52. The molecule has 3 rings (SSSR count). The molecule has 0 aromatic heterocycles. The number of rotatable bonds is 3. The molecule has 0 saturated heterocycles. The van der Waals surface area contributed by atoms with Gasteiger partial charge in [0.05, 0.1) is 12.8 Å². The Labute approximate surface area is 129 Å². The first-order valence-electron chi connectivity index (χ1n) is 7.13. The minimum atomic E-state index is -0.0829. The van der Waals surface area contributed by atoms with Crippen molar-refractivity contribution >= 4 is 22.4 Å². The van der Waals surface area contributed by atoms with Crippen LogP contribution >= 0.6 is 0 Å². The zero-order valence-electron chi connectivity index (χ0n) is 12.6. The average Bonchev–Trinajstić information content (AvgIpc) is 2.55. The van der Waals surface area contributed by atoms with Gasteiger partial charge in [-0.05, 0) is 29.1 Å². The van der Waals surface area contributed by atoms with Crippen molar-refractivity contribution in [3.05, 3.63) is 60.7 Å². The highest BCUT2D eigenvalue weighted by molar-refractivity contribution is 6.07. The number of methoxy groups -OCH3 is 1. The van der Waals surface area contributed by atoms with Gasteiger partial charge >= 0.3 is 0 Å². The van der Waals surface area contributed by atoms with E-state index in [2.05, 4.69) is 5.32 Å². The van der Waals surface area contributed by atoms with E-state index in [0.29, 0.717) is 0 Å². The van der Waals surface area contributed by atoms with Gasteiger partial charge in [-0.25, -0.2) is 0 Å². The topological polar surface area (TPSA) is 38.3 Å². The molecule has 0 spiro atoms. The Bertz CT molecular complexity index is 825. The van der Waals surface area contributed by atoms with Gasteiger partial charge in [0.1, 0.15) is 5.75 Å². The van der Waals surface area contributed by atoms with Crippen LogP contribution in [0.5, 0.6) is 5.75 Å². The van der Waals surface area contributed by atoms with Crippen molar-refractivity contribution in [3.63, 3.8) is 0 Å². The molecule has 1 amide bonds. The summed E-state index contributed by atoms with van der Waals surface area (Å²) < 4.78 is 5.27. The van der Waals surface area contributed by atoms with E-state index in [0.717, 1.165) is 33.3 Å². The Morgan fingerprint density at radius 2 is 1.77 bits per heavy atom. The van der Waals surface area contributed by atoms with E-state index in [1.807, 2.05) is 60.7 Å². The van der Waals surface area contributed by atoms with Crippen LogP contribution < -0.4 is 10.1 Å². The SMILES string of the molecule is COc1ccc2c(NC(C)=O)c(-c3ccccc3)ccc2c1. The van der Waals surface area contributed by atoms with Crippen LogP contribution in [0.25, 0.3) is 21.9 Å². The first kappa shape index (κ1) is 14.1. The summed E-state index contributed by atoms with van der Waals surface area (Å²) >= 11 is 0. The lowest BCUT2D eigenvalue weighted by Crippen LogP contribution is -2.07. The van der Waals surface area contributed by atoms with E-state index >= 15 is 0 Å². The van der Waals surface area contributed by atoms with Crippen molar-refractivity contribution in [2.24, 2.45) is 0 Å². The molecule has 0 saturated carbocycles. The predicted molar refractivity (Wildman–Crippen MR) is 90.2 cm³/mol. The van der Waals surface area contributed by atoms with Crippen LogP contribution in [0.4, 0.5) is 5.69 Å². The summed E-state index contributed by atoms with van der Waals surface area (Å²) in [6, 6.07) is 20.0. The fraction of sp³-hybridized carbons (Fsp3) is 0.105. The summed E-state index contributed by atoms with van der Waals surface area (Å²) in [7, 11) is 1.65. The van der Waals surface area contributed by atoms with Gasteiger partial charge in [-0.1, -0.05) is 42.5 Å². The molecular formula is C19H17NO2. The van der Waals surface area contributed by atoms with Crippen LogP contribution in [0.15, 0.2) is 60.7 Å². The standard InChI is InChI=1S/C19H17NO2/c1-13(21)20-19-17(14-6-4-3-5-7-14)10-8-15-12-16(22-2)9-11-18(15)19/h3-12H,1-2H3,(H,20,21). The number of anilines is 1. The maximum absolute atomic E-state index is 11.6. The molecule has 0 unspecified atom stereocenters. The molecule has 22 heavy (non-hydrogen) atoms. The Hall–Kier alpha value is -2.81. The largest absolute Gasteiger partial charge is 0.497 e. The number of carbonyl (C=O) groups excluding carboxylic acids is 1. The second kappa shape index (κ2) is 5.90. The average molecular weight is 291 g/mol. The van der Waals surface area contributed by atoms with Crippen LogP contribution in [-0.2, 0) is 4.79 Å². The third kappa shape index (κ3) is 2.66. The van der Waals surface area contributed by atoms with E-state index in [4.69, 9.17) is 4.74 Å². The zero-order valence-corrected chi connectivity index (χ0v) is 12.6. The Kier molecular flexibility index (Phi) is 3.79. The second-order valence-electron chi connectivity index (χ2n) is 5.12. The summed E-state index contributed by atoms with van der Waals surface area (Å²) in [6.07, 6.45) is 0. The molecule has 3 nitrogen and oxygen atoms in total. The zero-order chi connectivity index (χ0) is 15.5. The smallest absolute Gasteiger partial charge is 0.221 e. The molecule has 0 heterocycles. The van der Waals surface area contributed by atoms with Gasteiger partial charge in [-0.3, -0.25) is 4.79 Å². The molecule has 0 bridgehead atoms. The molecule has 0 atom stereocenters. The third-order valence-corrected chi connectivity index (χ3v) is 3.61. The molecule has 0 aliphatic heterocycles. The lowest BCUT2D eigenvalue weighted by atomic mass is 9.98. The number of benzene rings is 3. The van der Waals surface area contributed by atoms with E-state index in [1.54, 1.807) is 7.11 Å². The molecular weight excluding hydrogens is 274 g/mol. The molecule has 110 valence electrons. The summed E-state index contributed by atoms with van der Waals surface area (Å²) in [4.78, 5) is 11.6. The Morgan fingerprint density at radius 3 is 2.45 bits per heavy atom. The van der Waals surface area contributed by atoms with Crippen molar-refractivity contribution < 1.29 is 9.53 Å². The molecule has 0 aliphatic carbocycles. The molecule has 3 aromatic rings. The lowest BCUT2D eigenvalue weighted by Gasteiger charge is -2.14. The van der Waals surface area contributed by atoms with Gasteiger partial charge in [0.2, 0.25) is 5.91 Å². The number of fused-ring (bicyclic) bond motifs is 1. The van der Waals surface area contributed by atoms with Gasteiger partial charge in [0, 0.05) is 17.9 Å². The fourth-order valence-electron chi connectivity index (χ4n) is 2.60. The van der Waals surface area contributed by atoms with Crippen molar-refractivity contribution in [1.82, 2.24) is 0 Å². The van der Waals surface area contributed by atoms with Crippen molar-refractivity contribution in [3.8, 4) is 16.9 Å². The Balaban J connectivity index is 2.26. The van der Waals surface area contributed by atoms with Crippen molar-refractivity contribution in [2.75, 3.05) is 12.4 Å². The van der Waals surface area contributed by atoms with Crippen molar-refractivity contribution in [2.45, 2.75) is 6.92 Å². The minimum Gasteiger partial charge on any atom is -0.497 e. The van der Waals surface area contributed by atoms with Crippen LogP contribution in [0.3, 0.4) is 0 Å². The number of nitrogens with one attached hydrogen (secondary N) is 1. The highest BCUT2D eigenvalue weighted by Crippen LogP contribution is 2.36. The first-order chi connectivity index (χ1) is 10.7. The number of amides is 1. The summed E-state index contributed by atoms with van der Waals surface area (Å²) in [5.74, 6) is 0.717. The minimum absolute atomic E-state index is 0.0829. The first-order valence-corrected chi connectivity index (χ1v) is 7.13. The number of hydrogen-bond acceptors (Lipinski definition) is 2. The number of carbonyl (C=O) groups is 1. The summed E-state index contributed by atoms with van der Waals surface area (Å²) in [5.41, 5.74) is 2.91. The van der Waals surface area contributed by atoms with Gasteiger partial charge < -0.3 is 10.1 Å². The van der Waals surface area contributed by atoms with Crippen LogP contribution in [0.2, 0.25) is 0 Å². The van der Waals surface area contributed by atoms with Gasteiger partial charge in [-0.15, -0.1) is 0 Å². The molecule has 0 radical (unpaired) electrons. The third-order valence-electron chi connectivity index (χ3n) is 3.61. The predicted octanol–water partition coefficient (Wildman–Crippen LogP) is 4.47. The number of ether oxygens (including phenoxy) is 1. The van der Waals surface area contributed by atoms with E-state index < -0.39 is 0 Å². The maximum atomic E-state index is 11.6. The molecule has 0 fully saturated rings. The molecule has 0 aliphatic rings. The molecule has 3 aromatic carbocycles. The maximum Gasteiger partial charge on any atom is 0.221 e. The van der Waals surface area contributed by atoms with Gasteiger partial charge in [-0.2, -0.15) is 0 Å². The highest BCUT2D eigenvalue weighted by atomic mass is 16.5. The van der Waals surface area contributed by atoms with E-state index in [-0.39, 0.29) is 5.91 Å². The quantitative estimate of drug-likeness (QED) is 0.773. The molecule has 1 N–H and O–H groups in total. The Morgan fingerprint density at radius 1 is 1.00 bits per heavy atom.